The minimum absolute atomic E-state index is 0.0364. The van der Waals surface area contributed by atoms with Crippen molar-refractivity contribution < 1.29 is 4.79 Å². The Bertz CT molecular complexity index is 410. The van der Waals surface area contributed by atoms with Crippen molar-refractivity contribution in [2.75, 3.05) is 7.05 Å². The number of hydrogen-bond acceptors (Lipinski definition) is 2. The summed E-state index contributed by atoms with van der Waals surface area (Å²) in [6, 6.07) is 7.89. The number of fused-ring (bicyclic) bond motifs is 1. The molecule has 3 heteroatoms. The Balaban J connectivity index is 2.55. The van der Waals surface area contributed by atoms with Crippen LogP contribution in [0.5, 0.6) is 0 Å². The van der Waals surface area contributed by atoms with Gasteiger partial charge in [-0.25, -0.2) is 5.01 Å². The van der Waals surface area contributed by atoms with Crippen molar-refractivity contribution in [2.24, 2.45) is 5.10 Å². The third-order valence-electron chi connectivity index (χ3n) is 2.41. The Morgan fingerprint density at radius 1 is 1.36 bits per heavy atom. The normalized spacial score (nSPS) is 16.0. The molecule has 72 valence electrons. The Morgan fingerprint density at radius 2 is 2.07 bits per heavy atom. The van der Waals surface area contributed by atoms with Crippen LogP contribution in [0.3, 0.4) is 0 Å². The van der Waals surface area contributed by atoms with Crippen molar-refractivity contribution in [2.45, 2.75) is 13.3 Å². The number of benzene rings is 1. The summed E-state index contributed by atoms with van der Waals surface area (Å²) in [5.74, 6) is 0.0364. The number of amides is 1. The van der Waals surface area contributed by atoms with Crippen molar-refractivity contribution in [1.82, 2.24) is 5.01 Å². The monoisotopic (exact) mass is 188 g/mol. The summed E-state index contributed by atoms with van der Waals surface area (Å²) in [5.41, 5.74) is 3.03. The van der Waals surface area contributed by atoms with Gasteiger partial charge in [0.1, 0.15) is 0 Å². The summed E-state index contributed by atoms with van der Waals surface area (Å²) in [6.45, 7) is 1.92. The first-order chi connectivity index (χ1) is 6.68. The molecular formula is C11H12N2O. The van der Waals surface area contributed by atoms with Gasteiger partial charge in [0.2, 0.25) is 5.91 Å². The van der Waals surface area contributed by atoms with E-state index in [1.165, 1.54) is 5.01 Å². The molecule has 0 N–H and O–H groups in total. The third-order valence-corrected chi connectivity index (χ3v) is 2.41. The second-order valence-electron chi connectivity index (χ2n) is 3.44. The maximum Gasteiger partial charge on any atom is 0.246 e. The lowest BCUT2D eigenvalue weighted by molar-refractivity contribution is -0.129. The molecule has 0 spiro atoms. The quantitative estimate of drug-likeness (QED) is 0.606. The molecule has 0 radical (unpaired) electrons. The van der Waals surface area contributed by atoms with Gasteiger partial charge in [0.15, 0.2) is 0 Å². The number of carbonyl (C=O) groups is 1. The van der Waals surface area contributed by atoms with Gasteiger partial charge in [0.25, 0.3) is 0 Å². The lowest BCUT2D eigenvalue weighted by Gasteiger charge is -2.07. The van der Waals surface area contributed by atoms with E-state index in [4.69, 9.17) is 0 Å². The molecule has 0 bridgehead atoms. The van der Waals surface area contributed by atoms with E-state index >= 15 is 0 Å². The van der Waals surface area contributed by atoms with Crippen molar-refractivity contribution in [3.63, 3.8) is 0 Å². The number of rotatable bonds is 0. The molecular weight excluding hydrogens is 176 g/mol. The molecule has 1 heterocycles. The number of likely N-dealkylation sites (N-methyl/N-ethyl adjacent to an activating group) is 1. The van der Waals surface area contributed by atoms with Gasteiger partial charge in [-0.15, -0.1) is 0 Å². The van der Waals surface area contributed by atoms with Crippen LogP contribution in [0.1, 0.15) is 18.1 Å². The van der Waals surface area contributed by atoms with E-state index in [0.29, 0.717) is 6.42 Å². The van der Waals surface area contributed by atoms with E-state index < -0.39 is 0 Å². The standard InChI is InChI=1S/C11H12N2O/c1-8-10-6-4-3-5-9(10)7-11(14)13(2)12-8/h3-6H,7H2,1-2H3. The Kier molecular flexibility index (Phi) is 2.08. The molecule has 0 aromatic heterocycles. The van der Waals surface area contributed by atoms with Gasteiger partial charge in [-0.1, -0.05) is 24.3 Å². The highest BCUT2D eigenvalue weighted by Gasteiger charge is 2.17. The zero-order chi connectivity index (χ0) is 10.1. The number of carbonyl (C=O) groups excluding carboxylic acids is 1. The van der Waals surface area contributed by atoms with E-state index in [-0.39, 0.29) is 5.91 Å². The Hall–Kier alpha value is -1.64. The van der Waals surface area contributed by atoms with Crippen molar-refractivity contribution >= 4 is 11.6 Å². The van der Waals surface area contributed by atoms with Crippen LogP contribution in [0.25, 0.3) is 0 Å². The predicted molar refractivity (Wildman–Crippen MR) is 55.1 cm³/mol. The van der Waals surface area contributed by atoms with E-state index in [0.717, 1.165) is 16.8 Å². The van der Waals surface area contributed by atoms with E-state index in [1.54, 1.807) is 7.05 Å². The molecule has 3 nitrogen and oxygen atoms in total. The Morgan fingerprint density at radius 3 is 2.86 bits per heavy atom. The molecule has 1 amide bonds. The van der Waals surface area contributed by atoms with Crippen LogP contribution < -0.4 is 0 Å². The average Bonchev–Trinajstić information content (AvgIpc) is 2.27. The third kappa shape index (κ3) is 1.41. The van der Waals surface area contributed by atoms with Crippen molar-refractivity contribution in [3.05, 3.63) is 35.4 Å². The van der Waals surface area contributed by atoms with Gasteiger partial charge in [-0.3, -0.25) is 4.79 Å². The predicted octanol–water partition coefficient (Wildman–Crippen LogP) is 1.43. The maximum atomic E-state index is 11.5. The van der Waals surface area contributed by atoms with Crippen LogP contribution >= 0.6 is 0 Å². The number of hydrogen-bond donors (Lipinski definition) is 0. The minimum Gasteiger partial charge on any atom is -0.273 e. The first-order valence-electron chi connectivity index (χ1n) is 4.58. The topological polar surface area (TPSA) is 32.7 Å². The summed E-state index contributed by atoms with van der Waals surface area (Å²) >= 11 is 0. The largest absolute Gasteiger partial charge is 0.273 e. The van der Waals surface area contributed by atoms with E-state index in [2.05, 4.69) is 5.10 Å². The zero-order valence-corrected chi connectivity index (χ0v) is 8.32. The van der Waals surface area contributed by atoms with Gasteiger partial charge < -0.3 is 0 Å². The zero-order valence-electron chi connectivity index (χ0n) is 8.32. The fraction of sp³-hybridized carbons (Fsp3) is 0.273. The second-order valence-corrected chi connectivity index (χ2v) is 3.44. The molecule has 0 unspecified atom stereocenters. The van der Waals surface area contributed by atoms with Gasteiger partial charge in [-0.2, -0.15) is 5.10 Å². The SMILES string of the molecule is CC1=NN(C)C(=O)Cc2ccccc21. The van der Waals surface area contributed by atoms with Crippen LogP contribution in [0.15, 0.2) is 29.4 Å². The lowest BCUT2D eigenvalue weighted by atomic mass is 10.0. The molecule has 2 rings (SSSR count). The van der Waals surface area contributed by atoms with Gasteiger partial charge in [0.05, 0.1) is 12.1 Å². The fourth-order valence-corrected chi connectivity index (χ4v) is 1.64. The van der Waals surface area contributed by atoms with Crippen LogP contribution in [0, 0.1) is 0 Å². The number of nitrogens with zero attached hydrogens (tertiary/aromatic N) is 2. The second kappa shape index (κ2) is 3.25. The first-order valence-corrected chi connectivity index (χ1v) is 4.58. The van der Waals surface area contributed by atoms with Gasteiger partial charge in [0, 0.05) is 12.6 Å². The molecule has 14 heavy (non-hydrogen) atoms. The smallest absolute Gasteiger partial charge is 0.246 e. The summed E-state index contributed by atoms with van der Waals surface area (Å²) in [6.07, 6.45) is 0.438. The summed E-state index contributed by atoms with van der Waals surface area (Å²) in [4.78, 5) is 11.5. The van der Waals surface area contributed by atoms with Crippen molar-refractivity contribution in [3.8, 4) is 0 Å². The molecule has 0 aliphatic carbocycles. The molecule has 1 aliphatic rings. The van der Waals surface area contributed by atoms with E-state index in [1.807, 2.05) is 31.2 Å². The van der Waals surface area contributed by atoms with E-state index in [9.17, 15) is 4.79 Å². The van der Waals surface area contributed by atoms with Gasteiger partial charge in [-0.05, 0) is 12.5 Å². The first kappa shape index (κ1) is 8.94. The molecule has 0 fully saturated rings. The lowest BCUT2D eigenvalue weighted by Crippen LogP contribution is -2.21. The highest BCUT2D eigenvalue weighted by atomic mass is 16.2. The van der Waals surface area contributed by atoms with Crippen LogP contribution in [-0.4, -0.2) is 23.7 Å². The summed E-state index contributed by atoms with van der Waals surface area (Å²) in [5, 5.41) is 5.61. The van der Waals surface area contributed by atoms with Crippen LogP contribution in [-0.2, 0) is 11.2 Å². The minimum atomic E-state index is 0.0364. The number of hydrazone groups is 1. The summed E-state index contributed by atoms with van der Waals surface area (Å²) in [7, 11) is 1.69. The molecule has 1 aromatic rings. The Labute approximate surface area is 83.0 Å². The maximum absolute atomic E-state index is 11.5. The molecule has 1 aromatic carbocycles. The average molecular weight is 188 g/mol. The van der Waals surface area contributed by atoms with Crippen molar-refractivity contribution in [1.29, 1.82) is 0 Å². The van der Waals surface area contributed by atoms with Gasteiger partial charge >= 0.3 is 0 Å². The highest BCUT2D eigenvalue weighted by molar-refractivity contribution is 6.02. The fourth-order valence-electron chi connectivity index (χ4n) is 1.64. The molecule has 1 aliphatic heterocycles. The van der Waals surface area contributed by atoms with Crippen LogP contribution in [0.4, 0.5) is 0 Å². The molecule has 0 saturated carbocycles. The highest BCUT2D eigenvalue weighted by Crippen LogP contribution is 2.15. The molecule has 0 saturated heterocycles. The molecule has 0 atom stereocenters. The van der Waals surface area contributed by atoms with Crippen LogP contribution in [0.2, 0.25) is 0 Å². The summed E-state index contributed by atoms with van der Waals surface area (Å²) < 4.78 is 0.